The molecule has 2 aromatic rings. The molecule has 1 aliphatic carbocycles. The molecule has 1 amide bonds. The van der Waals surface area contributed by atoms with E-state index in [1.54, 1.807) is 6.20 Å². The fourth-order valence-electron chi connectivity index (χ4n) is 2.81. The maximum atomic E-state index is 12.6. The fraction of sp³-hybridized carbons (Fsp3) is 0.333. The average Bonchev–Trinajstić information content (AvgIpc) is 2.99. The van der Waals surface area contributed by atoms with Crippen molar-refractivity contribution in [3.05, 3.63) is 47.0 Å². The monoisotopic (exact) mass is 272 g/mol. The van der Waals surface area contributed by atoms with E-state index in [0.717, 1.165) is 6.42 Å². The molecule has 3 nitrogen and oxygen atoms in total. The van der Waals surface area contributed by atoms with E-state index in [4.69, 9.17) is 0 Å². The quantitative estimate of drug-likeness (QED) is 0.909. The second-order valence-electron chi connectivity index (χ2n) is 5.31. The smallest absolute Gasteiger partial charge is 0.233 e. The summed E-state index contributed by atoms with van der Waals surface area (Å²) in [5.41, 5.74) is 2.18. The van der Waals surface area contributed by atoms with Gasteiger partial charge < -0.3 is 5.32 Å². The first-order valence-electron chi connectivity index (χ1n) is 6.40. The number of carbonyl (C=O) groups is 1. The van der Waals surface area contributed by atoms with Crippen LogP contribution in [0.1, 0.15) is 30.9 Å². The third-order valence-electron chi connectivity index (χ3n) is 4.21. The van der Waals surface area contributed by atoms with Crippen LogP contribution in [0.5, 0.6) is 0 Å². The number of hydrogen-bond donors (Lipinski definition) is 1. The van der Waals surface area contributed by atoms with Gasteiger partial charge in [-0.05, 0) is 30.4 Å². The molecule has 2 atom stereocenters. The number of rotatable bonds is 2. The van der Waals surface area contributed by atoms with Gasteiger partial charge in [0.25, 0.3) is 0 Å². The number of thiazole rings is 1. The lowest BCUT2D eigenvalue weighted by Gasteiger charge is -2.27. The third-order valence-corrected chi connectivity index (χ3v) is 4.90. The number of fused-ring (bicyclic) bond motifs is 1. The van der Waals surface area contributed by atoms with Gasteiger partial charge in [-0.2, -0.15) is 0 Å². The zero-order chi connectivity index (χ0) is 13.5. The van der Waals surface area contributed by atoms with Crippen LogP contribution in [0.3, 0.4) is 0 Å². The molecule has 0 spiro atoms. The minimum atomic E-state index is -0.393. The van der Waals surface area contributed by atoms with E-state index in [-0.39, 0.29) is 11.8 Å². The van der Waals surface area contributed by atoms with Crippen LogP contribution < -0.4 is 5.32 Å². The van der Waals surface area contributed by atoms with E-state index >= 15 is 0 Å². The molecule has 0 fully saturated rings. The summed E-state index contributed by atoms with van der Waals surface area (Å²) in [6, 6.07) is 8.32. The van der Waals surface area contributed by atoms with Crippen LogP contribution in [-0.2, 0) is 11.2 Å². The fourth-order valence-corrected chi connectivity index (χ4v) is 3.34. The molecule has 0 saturated heterocycles. The molecular weight excluding hydrogens is 256 g/mol. The summed E-state index contributed by atoms with van der Waals surface area (Å²) in [4.78, 5) is 16.7. The molecule has 1 aliphatic rings. The Hall–Kier alpha value is -1.68. The van der Waals surface area contributed by atoms with Crippen molar-refractivity contribution in [3.63, 3.8) is 0 Å². The Morgan fingerprint density at radius 2 is 2.26 bits per heavy atom. The first kappa shape index (κ1) is 12.4. The molecule has 0 unspecified atom stereocenters. The van der Waals surface area contributed by atoms with Gasteiger partial charge in [0.2, 0.25) is 5.91 Å². The standard InChI is InChI=1S/C15H16N2OS/c1-10-12-6-4-3-5-11(12)9-15(10,2)13(18)17-14-16-7-8-19-14/h3-8,10H,9H2,1-2H3,(H,16,17,18)/t10-,15+/m0/s1. The molecule has 0 aliphatic heterocycles. The van der Waals surface area contributed by atoms with Crippen molar-refractivity contribution >= 4 is 22.4 Å². The molecule has 3 rings (SSSR count). The summed E-state index contributed by atoms with van der Waals surface area (Å²) >= 11 is 1.45. The number of hydrogen-bond acceptors (Lipinski definition) is 3. The second kappa shape index (κ2) is 4.46. The van der Waals surface area contributed by atoms with E-state index in [2.05, 4.69) is 29.4 Å². The number of nitrogens with one attached hydrogen (secondary N) is 1. The van der Waals surface area contributed by atoms with Gasteiger partial charge in [-0.25, -0.2) is 4.98 Å². The Kier molecular flexibility index (Phi) is 2.90. The number of anilines is 1. The largest absolute Gasteiger partial charge is 0.301 e. The second-order valence-corrected chi connectivity index (χ2v) is 6.20. The summed E-state index contributed by atoms with van der Waals surface area (Å²) in [6.45, 7) is 4.17. The Labute approximate surface area is 116 Å². The minimum absolute atomic E-state index is 0.0613. The van der Waals surface area contributed by atoms with Gasteiger partial charge >= 0.3 is 0 Å². The molecular formula is C15H16N2OS. The van der Waals surface area contributed by atoms with Gasteiger partial charge in [0, 0.05) is 11.6 Å². The number of benzene rings is 1. The Morgan fingerprint density at radius 1 is 1.47 bits per heavy atom. The molecule has 0 bridgehead atoms. The van der Waals surface area contributed by atoms with Crippen molar-refractivity contribution in [2.75, 3.05) is 5.32 Å². The van der Waals surface area contributed by atoms with Gasteiger partial charge in [-0.3, -0.25) is 4.79 Å². The van der Waals surface area contributed by atoms with Crippen molar-refractivity contribution < 1.29 is 4.79 Å². The molecule has 1 heterocycles. The normalized spacial score (nSPS) is 25.1. The van der Waals surface area contributed by atoms with Gasteiger partial charge in [-0.15, -0.1) is 11.3 Å². The van der Waals surface area contributed by atoms with E-state index in [0.29, 0.717) is 5.13 Å². The van der Waals surface area contributed by atoms with Crippen molar-refractivity contribution in [1.29, 1.82) is 0 Å². The van der Waals surface area contributed by atoms with E-state index in [1.807, 2.05) is 24.4 Å². The van der Waals surface area contributed by atoms with E-state index in [9.17, 15) is 4.79 Å². The highest BCUT2D eigenvalue weighted by Gasteiger charge is 2.45. The molecule has 0 radical (unpaired) electrons. The molecule has 4 heteroatoms. The number of carbonyl (C=O) groups excluding carboxylic acids is 1. The van der Waals surface area contributed by atoms with Crippen molar-refractivity contribution in [3.8, 4) is 0 Å². The van der Waals surface area contributed by atoms with Crippen LogP contribution in [0, 0.1) is 5.41 Å². The van der Waals surface area contributed by atoms with Gasteiger partial charge in [-0.1, -0.05) is 31.2 Å². The topological polar surface area (TPSA) is 42.0 Å². The molecule has 98 valence electrons. The van der Waals surface area contributed by atoms with Gasteiger partial charge in [0.1, 0.15) is 0 Å². The predicted octanol–water partition coefficient (Wildman–Crippen LogP) is 3.45. The predicted molar refractivity (Wildman–Crippen MR) is 77.4 cm³/mol. The molecule has 0 saturated carbocycles. The van der Waals surface area contributed by atoms with Crippen LogP contribution in [0.4, 0.5) is 5.13 Å². The van der Waals surface area contributed by atoms with Crippen molar-refractivity contribution in [2.24, 2.45) is 5.41 Å². The Balaban J connectivity index is 1.87. The zero-order valence-corrected chi connectivity index (χ0v) is 11.8. The van der Waals surface area contributed by atoms with Crippen molar-refractivity contribution in [1.82, 2.24) is 4.98 Å². The molecule has 19 heavy (non-hydrogen) atoms. The maximum absolute atomic E-state index is 12.6. The molecule has 1 aromatic carbocycles. The summed E-state index contributed by atoms with van der Waals surface area (Å²) in [5, 5.41) is 5.48. The Morgan fingerprint density at radius 3 is 2.95 bits per heavy atom. The first-order chi connectivity index (χ1) is 9.11. The number of nitrogens with zero attached hydrogens (tertiary/aromatic N) is 1. The summed E-state index contributed by atoms with van der Waals surface area (Å²) in [5.74, 6) is 0.287. The zero-order valence-electron chi connectivity index (χ0n) is 11.0. The summed E-state index contributed by atoms with van der Waals surface area (Å²) < 4.78 is 0. The minimum Gasteiger partial charge on any atom is -0.301 e. The number of amides is 1. The van der Waals surface area contributed by atoms with Crippen LogP contribution >= 0.6 is 11.3 Å². The number of aromatic nitrogens is 1. The SMILES string of the molecule is C[C@H]1c2ccccc2C[C@@]1(C)C(=O)Nc1nccs1. The van der Waals surface area contributed by atoms with Crippen molar-refractivity contribution in [2.45, 2.75) is 26.2 Å². The Bertz CT molecular complexity index is 608. The van der Waals surface area contributed by atoms with Gasteiger partial charge in [0.05, 0.1) is 5.41 Å². The van der Waals surface area contributed by atoms with E-state index in [1.165, 1.54) is 22.5 Å². The maximum Gasteiger partial charge on any atom is 0.233 e. The van der Waals surface area contributed by atoms with E-state index < -0.39 is 5.41 Å². The van der Waals surface area contributed by atoms with Crippen LogP contribution in [0.15, 0.2) is 35.8 Å². The van der Waals surface area contributed by atoms with Gasteiger partial charge in [0.15, 0.2) is 5.13 Å². The van der Waals surface area contributed by atoms with Crippen LogP contribution in [0.25, 0.3) is 0 Å². The highest BCUT2D eigenvalue weighted by atomic mass is 32.1. The van der Waals surface area contributed by atoms with Crippen LogP contribution in [-0.4, -0.2) is 10.9 Å². The summed E-state index contributed by atoms with van der Waals surface area (Å²) in [7, 11) is 0. The lowest BCUT2D eigenvalue weighted by atomic mass is 9.78. The molecule has 1 aromatic heterocycles. The lowest BCUT2D eigenvalue weighted by Crippen LogP contribution is -2.36. The highest BCUT2D eigenvalue weighted by Crippen LogP contribution is 2.47. The first-order valence-corrected chi connectivity index (χ1v) is 7.28. The highest BCUT2D eigenvalue weighted by molar-refractivity contribution is 7.13. The lowest BCUT2D eigenvalue weighted by molar-refractivity contribution is -0.125. The summed E-state index contributed by atoms with van der Waals surface area (Å²) in [6.07, 6.45) is 2.50. The van der Waals surface area contributed by atoms with Crippen LogP contribution in [0.2, 0.25) is 0 Å². The third kappa shape index (κ3) is 1.96. The average molecular weight is 272 g/mol. The molecule has 1 N–H and O–H groups in total.